The molecule has 2 heterocycles. The molecule has 1 amide bonds. The molecular weight excluding hydrogens is 444 g/mol. The molecule has 0 bridgehead atoms. The SMILES string of the molecule is COc1cccc(C2/C(=C(/O)c3ccc(Cl)c(OC)c3)C(=O)C(=O)N2Cc2cccnc2)c1. The molecule has 7 nitrogen and oxygen atoms in total. The van der Waals surface area contributed by atoms with Crippen molar-refractivity contribution in [2.75, 3.05) is 14.2 Å². The molecule has 4 rings (SSSR count). The summed E-state index contributed by atoms with van der Waals surface area (Å²) in [6, 6.07) is 14.4. The number of amides is 1. The molecule has 1 fully saturated rings. The minimum absolute atomic E-state index is 0.0264. The number of benzene rings is 2. The van der Waals surface area contributed by atoms with Gasteiger partial charge in [0, 0.05) is 24.5 Å². The molecule has 1 aromatic heterocycles. The number of rotatable bonds is 6. The maximum absolute atomic E-state index is 13.2. The van der Waals surface area contributed by atoms with Gasteiger partial charge in [-0.25, -0.2) is 0 Å². The number of methoxy groups -OCH3 is 2. The Balaban J connectivity index is 1.89. The highest BCUT2D eigenvalue weighted by molar-refractivity contribution is 6.46. The lowest BCUT2D eigenvalue weighted by Crippen LogP contribution is -2.29. The second kappa shape index (κ2) is 9.34. The lowest BCUT2D eigenvalue weighted by molar-refractivity contribution is -0.140. The third-order valence-electron chi connectivity index (χ3n) is 5.45. The Kier molecular flexibility index (Phi) is 6.33. The van der Waals surface area contributed by atoms with Crippen molar-refractivity contribution >= 4 is 29.1 Å². The summed E-state index contributed by atoms with van der Waals surface area (Å²) in [6.45, 7) is 0.140. The number of aliphatic hydroxyl groups is 1. The van der Waals surface area contributed by atoms with Crippen LogP contribution in [0.5, 0.6) is 11.5 Å². The van der Waals surface area contributed by atoms with Crippen LogP contribution in [-0.4, -0.2) is 40.9 Å². The monoisotopic (exact) mass is 464 g/mol. The molecule has 1 aliphatic heterocycles. The van der Waals surface area contributed by atoms with Crippen molar-refractivity contribution in [2.24, 2.45) is 0 Å². The van der Waals surface area contributed by atoms with E-state index in [9.17, 15) is 14.7 Å². The van der Waals surface area contributed by atoms with Gasteiger partial charge in [-0.15, -0.1) is 0 Å². The van der Waals surface area contributed by atoms with Gasteiger partial charge in [0.15, 0.2) is 0 Å². The van der Waals surface area contributed by atoms with Crippen molar-refractivity contribution in [2.45, 2.75) is 12.6 Å². The summed E-state index contributed by atoms with van der Waals surface area (Å²) in [5, 5.41) is 11.6. The quantitative estimate of drug-likeness (QED) is 0.331. The number of ether oxygens (including phenoxy) is 2. The first-order chi connectivity index (χ1) is 15.9. The average molecular weight is 465 g/mol. The Bertz CT molecular complexity index is 1240. The Morgan fingerprint density at radius 1 is 1.09 bits per heavy atom. The summed E-state index contributed by atoms with van der Waals surface area (Å²) in [7, 11) is 2.99. The molecule has 168 valence electrons. The van der Waals surface area contributed by atoms with Gasteiger partial charge in [0.25, 0.3) is 11.7 Å². The predicted octanol–water partition coefficient (Wildman–Crippen LogP) is 4.37. The number of nitrogens with zero attached hydrogens (tertiary/aromatic N) is 2. The van der Waals surface area contributed by atoms with Gasteiger partial charge in [-0.3, -0.25) is 14.6 Å². The fraction of sp³-hybridized carbons (Fsp3) is 0.160. The van der Waals surface area contributed by atoms with Crippen molar-refractivity contribution in [3.8, 4) is 11.5 Å². The average Bonchev–Trinajstić information content (AvgIpc) is 3.09. The number of carbonyl (C=O) groups is 2. The molecule has 0 aliphatic carbocycles. The number of carbonyl (C=O) groups excluding carboxylic acids is 2. The number of likely N-dealkylation sites (tertiary alicyclic amines) is 1. The number of halogens is 1. The van der Waals surface area contributed by atoms with E-state index >= 15 is 0 Å². The van der Waals surface area contributed by atoms with E-state index < -0.39 is 17.7 Å². The minimum Gasteiger partial charge on any atom is -0.507 e. The molecule has 1 unspecified atom stereocenters. The molecule has 8 heteroatoms. The standard InChI is InChI=1S/C25H21ClN2O5/c1-32-18-7-3-6-16(11-18)22-21(23(29)17-8-9-19(26)20(12-17)33-2)24(30)25(31)28(22)14-15-5-4-10-27-13-15/h3-13,22,29H,14H2,1-2H3/b23-21-. The van der Waals surface area contributed by atoms with Gasteiger partial charge in [-0.05, 0) is 47.5 Å². The topological polar surface area (TPSA) is 89.0 Å². The fourth-order valence-corrected chi connectivity index (χ4v) is 4.05. The second-order valence-corrected chi connectivity index (χ2v) is 7.82. The summed E-state index contributed by atoms with van der Waals surface area (Å²) in [5.74, 6) is -0.909. The van der Waals surface area contributed by atoms with Crippen molar-refractivity contribution in [3.05, 3.63) is 94.3 Å². The first-order valence-corrected chi connectivity index (χ1v) is 10.5. The summed E-state index contributed by atoms with van der Waals surface area (Å²) >= 11 is 6.11. The molecule has 0 radical (unpaired) electrons. The van der Waals surface area contributed by atoms with E-state index in [-0.39, 0.29) is 17.9 Å². The van der Waals surface area contributed by atoms with Crippen molar-refractivity contribution in [3.63, 3.8) is 0 Å². The molecular formula is C25H21ClN2O5. The van der Waals surface area contributed by atoms with Crippen LogP contribution in [0.1, 0.15) is 22.7 Å². The number of hydrogen-bond donors (Lipinski definition) is 1. The van der Waals surface area contributed by atoms with Gasteiger partial charge in [-0.2, -0.15) is 0 Å². The molecule has 2 aromatic carbocycles. The number of hydrogen-bond acceptors (Lipinski definition) is 6. The van der Waals surface area contributed by atoms with Crippen LogP contribution >= 0.6 is 11.6 Å². The van der Waals surface area contributed by atoms with Gasteiger partial charge >= 0.3 is 0 Å². The first-order valence-electron chi connectivity index (χ1n) is 10.1. The van der Waals surface area contributed by atoms with Gasteiger partial charge < -0.3 is 19.5 Å². The number of pyridine rings is 1. The predicted molar refractivity (Wildman–Crippen MR) is 123 cm³/mol. The van der Waals surface area contributed by atoms with Crippen LogP contribution in [0, 0.1) is 0 Å². The maximum Gasteiger partial charge on any atom is 0.295 e. The fourth-order valence-electron chi connectivity index (χ4n) is 3.85. The Labute approximate surface area is 195 Å². The normalized spacial score (nSPS) is 17.3. The van der Waals surface area contributed by atoms with Crippen LogP contribution in [-0.2, 0) is 16.1 Å². The van der Waals surface area contributed by atoms with Crippen LogP contribution < -0.4 is 9.47 Å². The third-order valence-corrected chi connectivity index (χ3v) is 5.76. The van der Waals surface area contributed by atoms with E-state index in [1.807, 2.05) is 6.07 Å². The van der Waals surface area contributed by atoms with Crippen molar-refractivity contribution in [1.82, 2.24) is 9.88 Å². The zero-order chi connectivity index (χ0) is 23.5. The largest absolute Gasteiger partial charge is 0.507 e. The van der Waals surface area contributed by atoms with E-state index in [2.05, 4.69) is 4.98 Å². The third kappa shape index (κ3) is 4.27. The van der Waals surface area contributed by atoms with E-state index in [1.54, 1.807) is 54.9 Å². The summed E-state index contributed by atoms with van der Waals surface area (Å²) < 4.78 is 10.6. The van der Waals surface area contributed by atoms with Gasteiger partial charge in [0.2, 0.25) is 0 Å². The Morgan fingerprint density at radius 2 is 1.91 bits per heavy atom. The Morgan fingerprint density at radius 3 is 2.61 bits per heavy atom. The minimum atomic E-state index is -0.832. The zero-order valence-corrected chi connectivity index (χ0v) is 18.7. The highest BCUT2D eigenvalue weighted by Crippen LogP contribution is 2.41. The van der Waals surface area contributed by atoms with Crippen LogP contribution in [0.2, 0.25) is 5.02 Å². The number of Topliss-reactive ketones (excluding diaryl/α,β-unsaturated/α-hetero) is 1. The molecule has 0 saturated carbocycles. The maximum atomic E-state index is 13.2. The lowest BCUT2D eigenvalue weighted by Gasteiger charge is -2.25. The molecule has 1 saturated heterocycles. The number of aliphatic hydroxyl groups excluding tert-OH is 1. The highest BCUT2D eigenvalue weighted by atomic mass is 35.5. The number of aromatic nitrogens is 1. The van der Waals surface area contributed by atoms with Crippen LogP contribution in [0.25, 0.3) is 5.76 Å². The molecule has 0 spiro atoms. The lowest BCUT2D eigenvalue weighted by atomic mass is 9.95. The van der Waals surface area contributed by atoms with Crippen LogP contribution in [0.15, 0.2) is 72.6 Å². The molecule has 33 heavy (non-hydrogen) atoms. The molecule has 1 atom stereocenters. The summed E-state index contributed by atoms with van der Waals surface area (Å²) in [4.78, 5) is 31.8. The molecule has 1 N–H and O–H groups in total. The molecule has 1 aliphatic rings. The van der Waals surface area contributed by atoms with Crippen molar-refractivity contribution < 1.29 is 24.2 Å². The van der Waals surface area contributed by atoms with Crippen LogP contribution in [0.4, 0.5) is 0 Å². The zero-order valence-electron chi connectivity index (χ0n) is 18.0. The second-order valence-electron chi connectivity index (χ2n) is 7.41. The smallest absolute Gasteiger partial charge is 0.295 e. The van der Waals surface area contributed by atoms with E-state index in [0.717, 1.165) is 5.56 Å². The number of ketones is 1. The van der Waals surface area contributed by atoms with Gasteiger partial charge in [-0.1, -0.05) is 29.8 Å². The van der Waals surface area contributed by atoms with E-state index in [0.29, 0.717) is 27.6 Å². The summed E-state index contributed by atoms with van der Waals surface area (Å²) in [5.41, 5.74) is 1.66. The van der Waals surface area contributed by atoms with E-state index in [1.165, 1.54) is 25.2 Å². The first kappa shape index (κ1) is 22.4. The highest BCUT2D eigenvalue weighted by Gasteiger charge is 2.46. The van der Waals surface area contributed by atoms with Crippen LogP contribution in [0.3, 0.4) is 0 Å². The van der Waals surface area contributed by atoms with E-state index in [4.69, 9.17) is 21.1 Å². The van der Waals surface area contributed by atoms with Gasteiger partial charge in [0.05, 0.1) is 30.9 Å². The Hall–Kier alpha value is -3.84. The van der Waals surface area contributed by atoms with Gasteiger partial charge in [0.1, 0.15) is 17.3 Å². The molecule has 3 aromatic rings. The summed E-state index contributed by atoms with van der Waals surface area (Å²) in [6.07, 6.45) is 3.26. The van der Waals surface area contributed by atoms with Crippen molar-refractivity contribution in [1.29, 1.82) is 0 Å².